The van der Waals surface area contributed by atoms with Crippen molar-refractivity contribution in [2.75, 3.05) is 0 Å². The van der Waals surface area contributed by atoms with Gasteiger partial charge in [-0.05, 0) is 32.6 Å². The number of allylic oxidation sites excluding steroid dienone is 2. The Labute approximate surface area is 80.0 Å². The largest absolute Gasteiger partial charge is 0.481 e. The number of hydrogen-bond acceptors (Lipinski definition) is 1. The van der Waals surface area contributed by atoms with Crippen molar-refractivity contribution in [2.24, 2.45) is 0 Å². The Kier molecular flexibility index (Phi) is 5.94. The Hall–Kier alpha value is -1.05. The summed E-state index contributed by atoms with van der Waals surface area (Å²) in [4.78, 5) is 10.2. The lowest BCUT2D eigenvalue weighted by atomic mass is 10.0. The number of aliphatic carboxylic acids is 1. The third kappa shape index (κ3) is 8.86. The second-order valence-corrected chi connectivity index (χ2v) is 3.45. The predicted octanol–water partition coefficient (Wildman–Crippen LogP) is 3.15. The van der Waals surface area contributed by atoms with Gasteiger partial charge >= 0.3 is 5.97 Å². The Bertz CT molecular complexity index is 204. The van der Waals surface area contributed by atoms with E-state index in [0.29, 0.717) is 6.42 Å². The first kappa shape index (κ1) is 11.9. The highest BCUT2D eigenvalue weighted by molar-refractivity contribution is 5.66. The van der Waals surface area contributed by atoms with Crippen LogP contribution in [0.3, 0.4) is 0 Å². The number of rotatable bonds is 7. The Morgan fingerprint density at radius 1 is 1.15 bits per heavy atom. The van der Waals surface area contributed by atoms with Crippen LogP contribution in [0.15, 0.2) is 24.3 Å². The molecule has 0 aromatic rings. The fraction of sp³-hybridized carbons (Fsp3) is 0.545. The normalized spacial score (nSPS) is 9.62. The second-order valence-electron chi connectivity index (χ2n) is 3.45. The van der Waals surface area contributed by atoms with Gasteiger partial charge in [0.05, 0.1) is 0 Å². The molecule has 0 saturated carbocycles. The van der Waals surface area contributed by atoms with Gasteiger partial charge in [-0.1, -0.05) is 17.7 Å². The summed E-state index contributed by atoms with van der Waals surface area (Å²) in [6, 6.07) is 0. The van der Waals surface area contributed by atoms with E-state index in [1.807, 2.05) is 6.92 Å². The zero-order chi connectivity index (χ0) is 10.3. The fourth-order valence-electron chi connectivity index (χ4n) is 1.05. The molecule has 74 valence electrons. The van der Waals surface area contributed by atoms with E-state index in [1.165, 1.54) is 5.57 Å². The number of hydrogen-bond donors (Lipinski definition) is 1. The Balaban J connectivity index is 3.41. The molecule has 0 unspecified atom stereocenters. The van der Waals surface area contributed by atoms with Crippen molar-refractivity contribution in [1.82, 2.24) is 0 Å². The minimum Gasteiger partial charge on any atom is -0.481 e. The molecule has 0 aliphatic carbocycles. The van der Waals surface area contributed by atoms with Crippen LogP contribution in [-0.2, 0) is 4.79 Å². The monoisotopic (exact) mass is 182 g/mol. The minimum atomic E-state index is -0.749. The third-order valence-electron chi connectivity index (χ3n) is 1.83. The first-order valence-corrected chi connectivity index (χ1v) is 4.55. The quantitative estimate of drug-likeness (QED) is 0.614. The number of carboxylic acids is 1. The maximum absolute atomic E-state index is 10.2. The fourth-order valence-corrected chi connectivity index (χ4v) is 1.05. The van der Waals surface area contributed by atoms with Crippen LogP contribution < -0.4 is 0 Å². The van der Waals surface area contributed by atoms with Crippen LogP contribution in [0.5, 0.6) is 0 Å². The summed E-state index contributed by atoms with van der Waals surface area (Å²) in [5.74, 6) is -0.749. The lowest BCUT2D eigenvalue weighted by Gasteiger charge is -2.03. The van der Waals surface area contributed by atoms with Gasteiger partial charge in [0.1, 0.15) is 0 Å². The van der Waals surface area contributed by atoms with Gasteiger partial charge in [-0.25, -0.2) is 0 Å². The van der Waals surface area contributed by atoms with Crippen molar-refractivity contribution < 1.29 is 9.90 Å². The summed E-state index contributed by atoms with van der Waals surface area (Å²) in [6.07, 6.45) is 3.76. The van der Waals surface area contributed by atoms with Crippen LogP contribution in [0.4, 0.5) is 0 Å². The highest BCUT2D eigenvalue weighted by atomic mass is 16.4. The van der Waals surface area contributed by atoms with Gasteiger partial charge in [-0.2, -0.15) is 0 Å². The van der Waals surface area contributed by atoms with Gasteiger partial charge in [-0.15, -0.1) is 6.58 Å². The van der Waals surface area contributed by atoms with E-state index in [0.717, 1.165) is 24.8 Å². The summed E-state index contributed by atoms with van der Waals surface area (Å²) in [6.45, 7) is 9.63. The van der Waals surface area contributed by atoms with Gasteiger partial charge in [-0.3, -0.25) is 4.79 Å². The number of carbonyl (C=O) groups is 1. The summed E-state index contributed by atoms with van der Waals surface area (Å²) in [5, 5.41) is 8.42. The molecule has 0 radical (unpaired) electrons. The zero-order valence-electron chi connectivity index (χ0n) is 8.31. The molecule has 2 heteroatoms. The van der Waals surface area contributed by atoms with Gasteiger partial charge in [0.2, 0.25) is 0 Å². The Morgan fingerprint density at radius 3 is 2.23 bits per heavy atom. The van der Waals surface area contributed by atoms with E-state index in [4.69, 9.17) is 5.11 Å². The highest BCUT2D eigenvalue weighted by Crippen LogP contribution is 2.13. The van der Waals surface area contributed by atoms with Crippen LogP contribution in [0.2, 0.25) is 0 Å². The van der Waals surface area contributed by atoms with E-state index in [-0.39, 0.29) is 6.42 Å². The van der Waals surface area contributed by atoms with Crippen molar-refractivity contribution in [2.45, 2.75) is 39.0 Å². The van der Waals surface area contributed by atoms with Crippen LogP contribution >= 0.6 is 0 Å². The first-order valence-electron chi connectivity index (χ1n) is 4.55. The molecule has 0 aliphatic heterocycles. The lowest BCUT2D eigenvalue weighted by Crippen LogP contribution is -1.95. The summed E-state index contributed by atoms with van der Waals surface area (Å²) in [5.41, 5.74) is 2.20. The maximum Gasteiger partial charge on any atom is 0.303 e. The van der Waals surface area contributed by atoms with Crippen LogP contribution in [0, 0.1) is 0 Å². The summed E-state index contributed by atoms with van der Waals surface area (Å²) < 4.78 is 0. The second kappa shape index (κ2) is 6.46. The minimum absolute atomic E-state index is 0.200. The van der Waals surface area contributed by atoms with Crippen LogP contribution in [0.25, 0.3) is 0 Å². The molecule has 0 fully saturated rings. The van der Waals surface area contributed by atoms with Crippen molar-refractivity contribution in [1.29, 1.82) is 0 Å². The van der Waals surface area contributed by atoms with Gasteiger partial charge in [0, 0.05) is 6.42 Å². The van der Waals surface area contributed by atoms with Crippen molar-refractivity contribution in [3.05, 3.63) is 24.3 Å². The average Bonchev–Trinajstić information content (AvgIpc) is 2.00. The molecule has 0 bridgehead atoms. The standard InChI is InChI=1S/C11H18O2/c1-9(2)5-4-6-10(3)7-8-11(12)13/h1,3-8H2,2H3,(H,12,13). The number of carboxylic acid groups (broad SMARTS) is 1. The molecule has 0 aromatic heterocycles. The molecule has 0 amide bonds. The predicted molar refractivity (Wildman–Crippen MR) is 54.7 cm³/mol. The zero-order valence-corrected chi connectivity index (χ0v) is 8.31. The van der Waals surface area contributed by atoms with E-state index < -0.39 is 5.97 Å². The molecule has 0 saturated heterocycles. The van der Waals surface area contributed by atoms with E-state index >= 15 is 0 Å². The van der Waals surface area contributed by atoms with Gasteiger partial charge < -0.3 is 5.11 Å². The smallest absolute Gasteiger partial charge is 0.303 e. The average molecular weight is 182 g/mol. The van der Waals surface area contributed by atoms with Crippen molar-refractivity contribution in [3.63, 3.8) is 0 Å². The molecular weight excluding hydrogens is 164 g/mol. The van der Waals surface area contributed by atoms with E-state index in [9.17, 15) is 4.79 Å². The third-order valence-corrected chi connectivity index (χ3v) is 1.83. The van der Waals surface area contributed by atoms with Crippen LogP contribution in [0.1, 0.15) is 39.0 Å². The molecule has 1 N–H and O–H groups in total. The summed E-state index contributed by atoms with van der Waals surface area (Å²) in [7, 11) is 0. The SMILES string of the molecule is C=C(C)CCCC(=C)CCC(=O)O. The maximum atomic E-state index is 10.2. The molecule has 0 atom stereocenters. The molecule has 0 heterocycles. The Morgan fingerprint density at radius 2 is 1.77 bits per heavy atom. The van der Waals surface area contributed by atoms with E-state index in [1.54, 1.807) is 0 Å². The van der Waals surface area contributed by atoms with Gasteiger partial charge in [0.15, 0.2) is 0 Å². The molecule has 0 spiro atoms. The summed E-state index contributed by atoms with van der Waals surface area (Å²) >= 11 is 0. The van der Waals surface area contributed by atoms with Gasteiger partial charge in [0.25, 0.3) is 0 Å². The molecule has 0 aromatic carbocycles. The topological polar surface area (TPSA) is 37.3 Å². The molecular formula is C11H18O2. The van der Waals surface area contributed by atoms with E-state index in [2.05, 4.69) is 13.2 Å². The van der Waals surface area contributed by atoms with Crippen LogP contribution in [-0.4, -0.2) is 11.1 Å². The first-order chi connectivity index (χ1) is 6.02. The highest BCUT2D eigenvalue weighted by Gasteiger charge is 1.99. The van der Waals surface area contributed by atoms with Crippen molar-refractivity contribution in [3.8, 4) is 0 Å². The molecule has 2 nitrogen and oxygen atoms in total. The molecule has 13 heavy (non-hydrogen) atoms. The molecule has 0 aliphatic rings. The lowest BCUT2D eigenvalue weighted by molar-refractivity contribution is -0.136. The molecule has 0 rings (SSSR count). The van der Waals surface area contributed by atoms with Crippen molar-refractivity contribution >= 4 is 5.97 Å².